The van der Waals surface area contributed by atoms with Crippen LogP contribution in [0.25, 0.3) is 0 Å². The van der Waals surface area contributed by atoms with Crippen LogP contribution in [-0.2, 0) is 9.59 Å². The average Bonchev–Trinajstić information content (AvgIpc) is 2.72. The Morgan fingerprint density at radius 1 is 0.733 bits per heavy atom. The number of hydrogen-bond donors (Lipinski definition) is 0. The van der Waals surface area contributed by atoms with Gasteiger partial charge in [-0.15, -0.1) is 0 Å². The minimum absolute atomic E-state index is 0.132. The van der Waals surface area contributed by atoms with Crippen LogP contribution < -0.4 is 23.7 Å². The molecule has 0 N–H and O–H groups in total. The summed E-state index contributed by atoms with van der Waals surface area (Å²) < 4.78 is 27.2. The molecule has 0 saturated carbocycles. The van der Waals surface area contributed by atoms with Crippen molar-refractivity contribution in [2.75, 3.05) is 20.3 Å². The Kier molecular flexibility index (Phi) is 8.05. The second-order valence-corrected chi connectivity index (χ2v) is 6.27. The molecule has 0 saturated heterocycles. The van der Waals surface area contributed by atoms with Crippen LogP contribution in [0.1, 0.15) is 13.8 Å². The molecule has 7 nitrogen and oxygen atoms in total. The smallest absolute Gasteiger partial charge is 0.338 e. The highest BCUT2D eigenvalue weighted by molar-refractivity contribution is 5.90. The monoisotopic (exact) mass is 412 g/mol. The summed E-state index contributed by atoms with van der Waals surface area (Å²) in [5.74, 6) is 0.355. The molecule has 0 radical (unpaired) electrons. The van der Waals surface area contributed by atoms with Crippen molar-refractivity contribution >= 4 is 11.9 Å². The number of methoxy groups -OCH3 is 1. The third-order valence-corrected chi connectivity index (χ3v) is 3.70. The van der Waals surface area contributed by atoms with Crippen LogP contribution in [-0.4, -0.2) is 32.3 Å². The zero-order chi connectivity index (χ0) is 22.1. The normalized spacial score (nSPS) is 9.97. The Hall–Kier alpha value is -3.74. The largest absolute Gasteiger partial charge is 0.493 e. The van der Waals surface area contributed by atoms with E-state index in [-0.39, 0.29) is 35.9 Å². The first-order valence-corrected chi connectivity index (χ1v) is 9.10. The Labute approximate surface area is 175 Å². The molecule has 0 bridgehead atoms. The van der Waals surface area contributed by atoms with Crippen molar-refractivity contribution in [1.82, 2.24) is 0 Å². The van der Waals surface area contributed by atoms with Crippen LogP contribution in [0, 0.1) is 0 Å². The van der Waals surface area contributed by atoms with Gasteiger partial charge in [0.1, 0.15) is 13.2 Å². The summed E-state index contributed by atoms with van der Waals surface area (Å²) in [7, 11) is 1.46. The number of ether oxygens (including phenoxy) is 5. The fourth-order valence-electron chi connectivity index (χ4n) is 2.19. The molecule has 2 rings (SSSR count). The van der Waals surface area contributed by atoms with Crippen molar-refractivity contribution in [2.24, 2.45) is 0 Å². The molecule has 2 aromatic carbocycles. The Morgan fingerprint density at radius 3 is 1.83 bits per heavy atom. The molecule has 0 spiro atoms. The van der Waals surface area contributed by atoms with Gasteiger partial charge in [0, 0.05) is 11.1 Å². The molecule has 0 heterocycles. The van der Waals surface area contributed by atoms with Crippen molar-refractivity contribution < 1.29 is 33.3 Å². The summed E-state index contributed by atoms with van der Waals surface area (Å²) in [6.45, 7) is 10.5. The van der Waals surface area contributed by atoms with Gasteiger partial charge in [-0.1, -0.05) is 31.4 Å². The third-order valence-electron chi connectivity index (χ3n) is 3.70. The van der Waals surface area contributed by atoms with Crippen LogP contribution in [0.4, 0.5) is 0 Å². The highest BCUT2D eigenvalue weighted by atomic mass is 16.6. The molecule has 0 aliphatic heterocycles. The van der Waals surface area contributed by atoms with Gasteiger partial charge in [-0.25, -0.2) is 9.59 Å². The summed E-state index contributed by atoms with van der Waals surface area (Å²) >= 11 is 0. The van der Waals surface area contributed by atoms with E-state index in [0.29, 0.717) is 17.2 Å². The number of rotatable bonds is 10. The van der Waals surface area contributed by atoms with E-state index in [2.05, 4.69) is 13.2 Å². The Bertz CT molecular complexity index is 946. The van der Waals surface area contributed by atoms with Gasteiger partial charge in [0.05, 0.1) is 7.11 Å². The molecular weight excluding hydrogens is 388 g/mol. The zero-order valence-electron chi connectivity index (χ0n) is 17.2. The van der Waals surface area contributed by atoms with E-state index >= 15 is 0 Å². The zero-order valence-corrected chi connectivity index (χ0v) is 17.2. The van der Waals surface area contributed by atoms with Gasteiger partial charge >= 0.3 is 11.9 Å². The average molecular weight is 412 g/mol. The van der Waals surface area contributed by atoms with E-state index in [1.54, 1.807) is 56.3 Å². The van der Waals surface area contributed by atoms with Crippen LogP contribution in [0.15, 0.2) is 66.8 Å². The lowest BCUT2D eigenvalue weighted by Gasteiger charge is -2.15. The quantitative estimate of drug-likeness (QED) is 0.251. The van der Waals surface area contributed by atoms with Crippen LogP contribution in [0.5, 0.6) is 28.7 Å². The molecule has 158 valence electrons. The van der Waals surface area contributed by atoms with E-state index in [1.165, 1.54) is 7.11 Å². The minimum Gasteiger partial charge on any atom is -0.493 e. The fourth-order valence-corrected chi connectivity index (χ4v) is 2.19. The third kappa shape index (κ3) is 6.13. The van der Waals surface area contributed by atoms with Crippen LogP contribution >= 0.6 is 0 Å². The minimum atomic E-state index is -0.589. The molecular formula is C23H24O7. The van der Waals surface area contributed by atoms with E-state index in [9.17, 15) is 9.59 Å². The summed E-state index contributed by atoms with van der Waals surface area (Å²) in [6, 6.07) is 11.8. The van der Waals surface area contributed by atoms with Gasteiger partial charge in [0.15, 0.2) is 23.0 Å². The second kappa shape index (κ2) is 10.7. The van der Waals surface area contributed by atoms with Crippen LogP contribution in [0.2, 0.25) is 0 Å². The maximum Gasteiger partial charge on any atom is 0.338 e. The second-order valence-electron chi connectivity index (χ2n) is 6.27. The van der Waals surface area contributed by atoms with E-state index in [4.69, 9.17) is 23.7 Å². The van der Waals surface area contributed by atoms with E-state index in [0.717, 1.165) is 0 Å². The lowest BCUT2D eigenvalue weighted by molar-refractivity contribution is -0.131. The standard InChI is InChI=1S/C23H24O7/c1-15(2)22(24)29-18-10-7-6-9-17(18)27-13-14-28-20-12-8-11-19(26-5)21(20)30-23(25)16(3)4/h6-12H,1,3,13-14H2,2,4-5H3. The van der Waals surface area contributed by atoms with E-state index in [1.807, 2.05) is 0 Å². The van der Waals surface area contributed by atoms with Gasteiger partial charge in [-0.05, 0) is 38.1 Å². The fraction of sp³-hybridized carbons (Fsp3) is 0.217. The molecule has 0 fully saturated rings. The molecule has 0 aliphatic rings. The van der Waals surface area contributed by atoms with Crippen molar-refractivity contribution in [1.29, 1.82) is 0 Å². The summed E-state index contributed by atoms with van der Waals surface area (Å²) in [6.07, 6.45) is 0. The predicted molar refractivity (Wildman–Crippen MR) is 111 cm³/mol. The van der Waals surface area contributed by atoms with Gasteiger partial charge in [0.25, 0.3) is 0 Å². The molecule has 30 heavy (non-hydrogen) atoms. The number of benzene rings is 2. The highest BCUT2D eigenvalue weighted by Crippen LogP contribution is 2.37. The van der Waals surface area contributed by atoms with Crippen LogP contribution in [0.3, 0.4) is 0 Å². The SMILES string of the molecule is C=C(C)C(=O)Oc1ccccc1OCCOc1cccc(OC)c1OC(=O)C(=C)C. The first kappa shape index (κ1) is 22.5. The summed E-state index contributed by atoms with van der Waals surface area (Å²) in [5.41, 5.74) is 0.527. The summed E-state index contributed by atoms with van der Waals surface area (Å²) in [5, 5.41) is 0. The Morgan fingerprint density at radius 2 is 1.23 bits per heavy atom. The van der Waals surface area contributed by atoms with E-state index < -0.39 is 11.9 Å². The molecule has 0 amide bonds. The molecule has 0 unspecified atom stereocenters. The van der Waals surface area contributed by atoms with Crippen molar-refractivity contribution in [3.63, 3.8) is 0 Å². The molecule has 2 aromatic rings. The molecule has 7 heteroatoms. The number of carbonyl (C=O) groups excluding carboxylic acids is 2. The first-order valence-electron chi connectivity index (χ1n) is 9.10. The predicted octanol–water partition coefficient (Wildman–Crippen LogP) is 4.12. The molecule has 0 atom stereocenters. The maximum atomic E-state index is 11.9. The van der Waals surface area contributed by atoms with Crippen molar-refractivity contribution in [2.45, 2.75) is 13.8 Å². The lowest BCUT2D eigenvalue weighted by Crippen LogP contribution is -2.14. The molecule has 0 aliphatic carbocycles. The number of esters is 2. The van der Waals surface area contributed by atoms with Gasteiger partial charge in [-0.2, -0.15) is 0 Å². The topological polar surface area (TPSA) is 80.3 Å². The van der Waals surface area contributed by atoms with Gasteiger partial charge < -0.3 is 23.7 Å². The lowest BCUT2D eigenvalue weighted by atomic mass is 10.3. The number of para-hydroxylation sites is 3. The van der Waals surface area contributed by atoms with Gasteiger partial charge in [-0.3, -0.25) is 0 Å². The summed E-state index contributed by atoms with van der Waals surface area (Å²) in [4.78, 5) is 23.7. The Balaban J connectivity index is 2.03. The van der Waals surface area contributed by atoms with Crippen molar-refractivity contribution in [3.05, 3.63) is 66.8 Å². The van der Waals surface area contributed by atoms with Crippen molar-refractivity contribution in [3.8, 4) is 28.7 Å². The molecule has 0 aromatic heterocycles. The van der Waals surface area contributed by atoms with Gasteiger partial charge in [0.2, 0.25) is 5.75 Å². The number of carbonyl (C=O) groups is 2. The first-order chi connectivity index (χ1) is 14.3. The highest BCUT2D eigenvalue weighted by Gasteiger charge is 2.17. The number of hydrogen-bond acceptors (Lipinski definition) is 7. The maximum absolute atomic E-state index is 11.9.